The Hall–Kier alpha value is -4.92. The number of hydrogen-bond donors (Lipinski definition) is 1. The monoisotopic (exact) mass is 727 g/mol. The van der Waals surface area contributed by atoms with Crippen molar-refractivity contribution < 1.29 is 47.2 Å². The van der Waals surface area contributed by atoms with Gasteiger partial charge in [-0.05, 0) is 42.5 Å². The summed E-state index contributed by atoms with van der Waals surface area (Å²) in [5.74, 6) is -0.590. The van der Waals surface area contributed by atoms with E-state index in [9.17, 15) is 18.8 Å². The molecule has 264 valence electrons. The molecule has 0 aliphatic rings. The zero-order valence-corrected chi connectivity index (χ0v) is 29.1. The van der Waals surface area contributed by atoms with Crippen molar-refractivity contribution in [3.63, 3.8) is 0 Å². The molecule has 0 spiro atoms. The predicted octanol–water partition coefficient (Wildman–Crippen LogP) is 6.50. The summed E-state index contributed by atoms with van der Waals surface area (Å²) < 4.78 is 46.2. The van der Waals surface area contributed by atoms with Gasteiger partial charge in [-0.2, -0.15) is 0 Å². The number of ether oxygens (including phenoxy) is 6. The number of aromatic nitrogens is 2. The number of amides is 1. The number of carbonyl (C=O) groups is 3. The maximum atomic E-state index is 14.2. The minimum Gasteiger partial charge on any atom is -0.494 e. The summed E-state index contributed by atoms with van der Waals surface area (Å²) in [5.41, 5.74) is 2.00. The Morgan fingerprint density at radius 3 is 2.10 bits per heavy atom. The maximum absolute atomic E-state index is 14.2. The third kappa shape index (κ3) is 11.3. The molecule has 0 radical (unpaired) electrons. The molecule has 0 atom stereocenters. The first kappa shape index (κ1) is 37.9. The van der Waals surface area contributed by atoms with Crippen LogP contribution in [0.15, 0.2) is 72.0 Å². The van der Waals surface area contributed by atoms with Crippen LogP contribution in [0, 0.1) is 5.82 Å². The van der Waals surface area contributed by atoms with Crippen molar-refractivity contribution in [2.75, 3.05) is 58.8 Å². The second-order valence-electron chi connectivity index (χ2n) is 10.3. The molecule has 50 heavy (non-hydrogen) atoms. The van der Waals surface area contributed by atoms with Gasteiger partial charge in [0.05, 0.1) is 72.9 Å². The fraction of sp³-hybridized carbons (Fsp3) is 0.286. The Labute approximate surface area is 297 Å². The van der Waals surface area contributed by atoms with Crippen LogP contribution in [0.25, 0.3) is 11.3 Å². The number of hydrogen-bond acceptors (Lipinski definition) is 12. The molecule has 15 heteroatoms. The summed E-state index contributed by atoms with van der Waals surface area (Å²) in [6.45, 7) is 1.49. The minimum atomic E-state index is -0.504. The van der Waals surface area contributed by atoms with E-state index >= 15 is 0 Å². The van der Waals surface area contributed by atoms with Crippen LogP contribution in [-0.2, 0) is 19.0 Å². The fourth-order valence-corrected chi connectivity index (χ4v) is 5.20. The van der Waals surface area contributed by atoms with Gasteiger partial charge in [0.15, 0.2) is 0 Å². The topological polar surface area (TPSA) is 144 Å². The first-order chi connectivity index (χ1) is 24.2. The van der Waals surface area contributed by atoms with E-state index in [1.54, 1.807) is 42.5 Å². The molecule has 0 aliphatic carbocycles. The van der Waals surface area contributed by atoms with Crippen molar-refractivity contribution in [1.82, 2.24) is 9.97 Å². The first-order valence-electron chi connectivity index (χ1n) is 15.2. The molecule has 2 aromatic heterocycles. The fourth-order valence-electron chi connectivity index (χ4n) is 4.34. The highest BCUT2D eigenvalue weighted by Crippen LogP contribution is 2.36. The number of methoxy groups -OCH3 is 3. The summed E-state index contributed by atoms with van der Waals surface area (Å²) in [7, 11) is 4.05. The van der Waals surface area contributed by atoms with Gasteiger partial charge >= 0.3 is 11.9 Å². The second-order valence-corrected chi connectivity index (χ2v) is 11.7. The first-order valence-corrected chi connectivity index (χ1v) is 16.6. The molecule has 0 unspecified atom stereocenters. The summed E-state index contributed by atoms with van der Waals surface area (Å²) in [4.78, 5) is 44.1. The number of rotatable bonds is 18. The standard InChI is InChI=1S/C35H35ClFN3O9S/c1-44-31-18-30(27(36)17-29(31)40-32(41)21-50-33-9-7-23(20-39-33)35(43)46-3)49-13-5-11-47-10-4-12-48-26-15-24(14-25(37)16-26)28-8-6-22(19-38-28)34(42)45-2/h6-9,14-20H,4-5,10-13,21H2,1-3H3,(H,40,41). The molecule has 0 fully saturated rings. The molecule has 4 rings (SSSR count). The third-order valence-corrected chi connectivity index (χ3v) is 8.02. The van der Waals surface area contributed by atoms with E-state index in [0.29, 0.717) is 94.6 Å². The lowest BCUT2D eigenvalue weighted by Crippen LogP contribution is -2.15. The van der Waals surface area contributed by atoms with E-state index in [1.807, 2.05) is 0 Å². The van der Waals surface area contributed by atoms with Gasteiger partial charge in [0.2, 0.25) is 5.91 Å². The van der Waals surface area contributed by atoms with Crippen molar-refractivity contribution in [3.05, 3.63) is 89.0 Å². The van der Waals surface area contributed by atoms with Crippen molar-refractivity contribution in [2.24, 2.45) is 0 Å². The summed E-state index contributed by atoms with van der Waals surface area (Å²) in [5, 5.41) is 3.64. The van der Waals surface area contributed by atoms with E-state index in [1.165, 1.54) is 57.6 Å². The highest BCUT2D eigenvalue weighted by molar-refractivity contribution is 7.99. The van der Waals surface area contributed by atoms with Gasteiger partial charge in [-0.3, -0.25) is 9.78 Å². The molecule has 0 saturated carbocycles. The van der Waals surface area contributed by atoms with E-state index in [4.69, 9.17) is 30.5 Å². The zero-order valence-electron chi connectivity index (χ0n) is 27.5. The zero-order chi connectivity index (χ0) is 35.9. The quantitative estimate of drug-likeness (QED) is 0.0678. The number of nitrogens with one attached hydrogen (secondary N) is 1. The Kier molecular flexibility index (Phi) is 14.6. The Morgan fingerprint density at radius 1 is 0.800 bits per heavy atom. The smallest absolute Gasteiger partial charge is 0.339 e. The van der Waals surface area contributed by atoms with Crippen molar-refractivity contribution in [3.8, 4) is 28.5 Å². The molecule has 2 heterocycles. The molecule has 0 saturated heterocycles. The second kappa shape index (κ2) is 19.3. The number of pyridine rings is 2. The Bertz CT molecular complexity index is 1760. The molecule has 1 N–H and O–H groups in total. The van der Waals surface area contributed by atoms with Crippen LogP contribution in [0.4, 0.5) is 10.1 Å². The van der Waals surface area contributed by atoms with Gasteiger partial charge in [-0.25, -0.2) is 19.0 Å². The Balaban J connectivity index is 1.14. The molecule has 1 amide bonds. The van der Waals surface area contributed by atoms with Gasteiger partial charge in [-0.1, -0.05) is 23.4 Å². The van der Waals surface area contributed by atoms with Crippen LogP contribution in [0.1, 0.15) is 33.6 Å². The number of halogens is 2. The lowest BCUT2D eigenvalue weighted by atomic mass is 10.1. The predicted molar refractivity (Wildman–Crippen MR) is 185 cm³/mol. The summed E-state index contributed by atoms with van der Waals surface area (Å²) in [6.07, 6.45) is 3.92. The number of nitrogens with zero attached hydrogens (tertiary/aromatic N) is 2. The molecule has 2 aromatic carbocycles. The number of anilines is 1. The Morgan fingerprint density at radius 2 is 1.48 bits per heavy atom. The molecule has 12 nitrogen and oxygen atoms in total. The average Bonchev–Trinajstić information content (AvgIpc) is 3.13. The van der Waals surface area contributed by atoms with Crippen LogP contribution in [-0.4, -0.2) is 81.3 Å². The largest absolute Gasteiger partial charge is 0.494 e. The molecule has 4 aromatic rings. The van der Waals surface area contributed by atoms with E-state index in [0.717, 1.165) is 0 Å². The van der Waals surface area contributed by atoms with Crippen molar-refractivity contribution >= 4 is 46.9 Å². The van der Waals surface area contributed by atoms with E-state index < -0.39 is 17.8 Å². The molecule has 0 bridgehead atoms. The number of benzene rings is 2. The van der Waals surface area contributed by atoms with Gasteiger partial charge in [0.25, 0.3) is 0 Å². The maximum Gasteiger partial charge on any atom is 0.339 e. The lowest BCUT2D eigenvalue weighted by molar-refractivity contribution is -0.113. The lowest BCUT2D eigenvalue weighted by Gasteiger charge is -2.14. The summed E-state index contributed by atoms with van der Waals surface area (Å²) >= 11 is 7.62. The third-order valence-electron chi connectivity index (χ3n) is 6.78. The number of thioether (sulfide) groups is 1. The molecular formula is C35H35ClFN3O9S. The molecule has 0 aliphatic heterocycles. The SMILES string of the molecule is COC(=O)c1ccc(SCC(=O)Nc2cc(Cl)c(OCCCOCCCOc3cc(F)cc(-c4ccc(C(=O)OC)cn4)c3)cc2OC)nc1. The van der Waals surface area contributed by atoms with E-state index in [-0.39, 0.29) is 11.7 Å². The highest BCUT2D eigenvalue weighted by Gasteiger charge is 2.15. The number of esters is 2. The van der Waals surface area contributed by atoms with Crippen LogP contribution >= 0.6 is 23.4 Å². The highest BCUT2D eigenvalue weighted by atomic mass is 35.5. The van der Waals surface area contributed by atoms with Gasteiger partial charge in [0, 0.05) is 56.1 Å². The van der Waals surface area contributed by atoms with Crippen molar-refractivity contribution in [1.29, 1.82) is 0 Å². The van der Waals surface area contributed by atoms with Gasteiger partial charge in [0.1, 0.15) is 23.1 Å². The minimum absolute atomic E-state index is 0.0644. The molecular weight excluding hydrogens is 693 g/mol. The van der Waals surface area contributed by atoms with Gasteiger partial charge < -0.3 is 33.7 Å². The van der Waals surface area contributed by atoms with Crippen LogP contribution in [0.5, 0.6) is 17.2 Å². The van der Waals surface area contributed by atoms with Gasteiger partial charge in [-0.15, -0.1) is 0 Å². The van der Waals surface area contributed by atoms with Crippen LogP contribution in [0.2, 0.25) is 5.02 Å². The van der Waals surface area contributed by atoms with Crippen LogP contribution in [0.3, 0.4) is 0 Å². The normalized spacial score (nSPS) is 10.7. The van der Waals surface area contributed by atoms with Crippen molar-refractivity contribution in [2.45, 2.75) is 17.9 Å². The number of carbonyl (C=O) groups excluding carboxylic acids is 3. The average molecular weight is 728 g/mol. The van der Waals surface area contributed by atoms with Crippen LogP contribution < -0.4 is 19.5 Å². The van der Waals surface area contributed by atoms with E-state index in [2.05, 4.69) is 24.8 Å². The summed E-state index contributed by atoms with van der Waals surface area (Å²) in [6, 6.07) is 13.8.